The van der Waals surface area contributed by atoms with Crippen LogP contribution in [0.3, 0.4) is 0 Å². The highest BCUT2D eigenvalue weighted by atomic mass is 32.2. The average molecular weight is 601 g/mol. The van der Waals surface area contributed by atoms with Gasteiger partial charge in [-0.1, -0.05) is 68.1 Å². The van der Waals surface area contributed by atoms with E-state index in [1.54, 1.807) is 12.1 Å². The largest absolute Gasteiger partial charge is 0.446 e. The number of aliphatic hydroxyl groups excluding tert-OH is 2. The Morgan fingerprint density at radius 2 is 1.81 bits per heavy atom. The summed E-state index contributed by atoms with van der Waals surface area (Å²) in [5, 5.41) is 25.0. The van der Waals surface area contributed by atoms with E-state index in [1.165, 1.54) is 16.4 Å². The lowest BCUT2D eigenvalue weighted by atomic mass is 10.0. The number of benzene rings is 2. The fourth-order valence-electron chi connectivity index (χ4n) is 6.50. The second kappa shape index (κ2) is 14.3. The minimum absolute atomic E-state index is 0.0893. The summed E-state index contributed by atoms with van der Waals surface area (Å²) in [6, 6.07) is 15.2. The van der Waals surface area contributed by atoms with Crippen molar-refractivity contribution in [3.63, 3.8) is 0 Å². The molecule has 0 spiro atoms. The molecule has 0 aromatic heterocycles. The van der Waals surface area contributed by atoms with Crippen LogP contribution in [-0.4, -0.2) is 73.1 Å². The highest BCUT2D eigenvalue weighted by molar-refractivity contribution is 7.89. The van der Waals surface area contributed by atoms with E-state index in [0.29, 0.717) is 37.2 Å². The molecule has 10 heteroatoms. The average Bonchev–Trinajstić information content (AvgIpc) is 3.57. The number of hydrogen-bond donors (Lipinski definition) is 3. The van der Waals surface area contributed by atoms with Gasteiger partial charge in [-0.3, -0.25) is 0 Å². The van der Waals surface area contributed by atoms with Gasteiger partial charge in [-0.25, -0.2) is 13.2 Å². The maximum atomic E-state index is 13.9. The van der Waals surface area contributed by atoms with Gasteiger partial charge in [-0.15, -0.1) is 0 Å². The standard InChI is InChI=1S/C32H44N2O7S/c35-29-14-7-2-1-3-8-16-34(42(38,39)27-13-9-12-24(29)20-27)22-30(36)28(18-23-10-5-4-6-11-23)33-32(37)41-26-19-25-15-17-40-31(25)21-26/h4-6,9-13,20,25-26,28-31,35-36H,1-3,7-8,14-19,21-22H2,(H,33,37)/t25?,26-,28+,29?,30-,31-/m1/s1. The number of nitrogens with zero attached hydrogens (tertiary/aromatic N) is 1. The molecule has 1 amide bonds. The lowest BCUT2D eigenvalue weighted by molar-refractivity contribution is 0.0557. The van der Waals surface area contributed by atoms with Crippen molar-refractivity contribution in [3.8, 4) is 0 Å². The van der Waals surface area contributed by atoms with Crippen LogP contribution in [-0.2, 0) is 25.9 Å². The van der Waals surface area contributed by atoms with Crippen LogP contribution >= 0.6 is 0 Å². The lowest BCUT2D eigenvalue weighted by Crippen LogP contribution is -2.51. The van der Waals surface area contributed by atoms with E-state index in [0.717, 1.165) is 50.7 Å². The number of alkyl carbamates (subject to hydrolysis) is 1. The Bertz CT molecular complexity index is 1260. The molecule has 9 nitrogen and oxygen atoms in total. The first-order valence-corrected chi connectivity index (χ1v) is 16.8. The van der Waals surface area contributed by atoms with Crippen LogP contribution in [0.1, 0.15) is 75.0 Å². The van der Waals surface area contributed by atoms with Crippen LogP contribution in [0.15, 0.2) is 59.5 Å². The van der Waals surface area contributed by atoms with Crippen LogP contribution in [0.5, 0.6) is 0 Å². The van der Waals surface area contributed by atoms with Crippen molar-refractivity contribution >= 4 is 16.1 Å². The van der Waals surface area contributed by atoms with Crippen molar-refractivity contribution in [3.05, 3.63) is 65.7 Å². The van der Waals surface area contributed by atoms with Crippen LogP contribution in [0, 0.1) is 5.92 Å². The number of aliphatic hydroxyl groups is 2. The number of carbonyl (C=O) groups is 1. The summed E-state index contributed by atoms with van der Waals surface area (Å²) in [5.74, 6) is 0.413. The molecule has 0 radical (unpaired) electrons. The van der Waals surface area contributed by atoms with Gasteiger partial charge in [-0.05, 0) is 61.3 Å². The SMILES string of the molecule is O=C(N[C@@H](Cc1ccccc1)[C@H](O)CN1CCCCCCCC(O)c2cccc(c2)S1(=O)=O)O[C@@H]1CC2CCO[C@@H]2C1. The van der Waals surface area contributed by atoms with Gasteiger partial charge in [0.15, 0.2) is 0 Å². The molecular formula is C32H44N2O7S. The van der Waals surface area contributed by atoms with Crippen LogP contribution in [0.2, 0.25) is 0 Å². The number of ether oxygens (including phenoxy) is 2. The minimum atomic E-state index is -3.98. The summed E-state index contributed by atoms with van der Waals surface area (Å²) in [6.45, 7) is 0.817. The zero-order valence-electron chi connectivity index (χ0n) is 24.1. The first kappa shape index (κ1) is 30.9. The van der Waals surface area contributed by atoms with Crippen LogP contribution < -0.4 is 5.32 Å². The van der Waals surface area contributed by atoms with Gasteiger partial charge >= 0.3 is 6.09 Å². The molecule has 2 bridgehead atoms. The molecule has 2 aromatic carbocycles. The summed E-state index contributed by atoms with van der Waals surface area (Å²) in [6.07, 6.45) is 4.96. The molecule has 230 valence electrons. The zero-order valence-corrected chi connectivity index (χ0v) is 25.0. The van der Waals surface area contributed by atoms with Gasteiger partial charge in [0.2, 0.25) is 10.0 Å². The third-order valence-corrected chi connectivity index (χ3v) is 10.8. The predicted octanol–water partition coefficient (Wildman–Crippen LogP) is 4.33. The maximum Gasteiger partial charge on any atom is 0.407 e. The number of rotatable bonds is 7. The van der Waals surface area contributed by atoms with E-state index >= 15 is 0 Å². The van der Waals surface area contributed by atoms with E-state index in [9.17, 15) is 23.4 Å². The number of β-amino-alcohol motifs (C(OH)–C–C–N with tert-alkyl or cyclic N) is 1. The highest BCUT2D eigenvalue weighted by Gasteiger charge is 2.40. The molecule has 2 aromatic rings. The van der Waals surface area contributed by atoms with Gasteiger partial charge in [0, 0.05) is 26.1 Å². The number of nitrogens with one attached hydrogen (secondary N) is 1. The number of fused-ring (bicyclic) bond motifs is 3. The summed E-state index contributed by atoms with van der Waals surface area (Å²) >= 11 is 0. The summed E-state index contributed by atoms with van der Waals surface area (Å²) in [4.78, 5) is 13.1. The Labute approximate surface area is 249 Å². The quantitative estimate of drug-likeness (QED) is 0.432. The molecule has 6 atom stereocenters. The lowest BCUT2D eigenvalue weighted by Gasteiger charge is -2.30. The second-order valence-electron chi connectivity index (χ2n) is 12.0. The van der Waals surface area contributed by atoms with Crippen molar-refractivity contribution in [1.82, 2.24) is 9.62 Å². The molecule has 5 rings (SSSR count). The first-order chi connectivity index (χ1) is 20.3. The van der Waals surface area contributed by atoms with Crippen molar-refractivity contribution in [2.45, 2.75) is 99.6 Å². The third-order valence-electron chi connectivity index (χ3n) is 8.90. The molecule has 42 heavy (non-hydrogen) atoms. The molecule has 2 heterocycles. The van der Waals surface area contributed by atoms with Gasteiger partial charge in [0.1, 0.15) is 6.10 Å². The Kier molecular flexibility index (Phi) is 10.5. The molecule has 2 fully saturated rings. The van der Waals surface area contributed by atoms with Gasteiger partial charge < -0.3 is 25.0 Å². The van der Waals surface area contributed by atoms with Crippen LogP contribution in [0.25, 0.3) is 0 Å². The Morgan fingerprint density at radius 1 is 1.02 bits per heavy atom. The number of carbonyl (C=O) groups excluding carboxylic acids is 1. The van der Waals surface area contributed by atoms with Gasteiger partial charge in [0.05, 0.1) is 29.2 Å². The summed E-state index contributed by atoms with van der Waals surface area (Å²) in [7, 11) is -3.98. The molecule has 1 saturated heterocycles. The first-order valence-electron chi connectivity index (χ1n) is 15.4. The zero-order chi connectivity index (χ0) is 29.5. The van der Waals surface area contributed by atoms with Crippen molar-refractivity contribution < 1.29 is 32.9 Å². The minimum Gasteiger partial charge on any atom is -0.446 e. The summed E-state index contributed by atoms with van der Waals surface area (Å²) in [5.41, 5.74) is 1.48. The third kappa shape index (κ3) is 7.90. The van der Waals surface area contributed by atoms with E-state index in [4.69, 9.17) is 9.47 Å². The van der Waals surface area contributed by atoms with Gasteiger partial charge in [-0.2, -0.15) is 4.31 Å². The normalized spacial score (nSPS) is 28.0. The maximum absolute atomic E-state index is 13.9. The molecule has 1 saturated carbocycles. The van der Waals surface area contributed by atoms with Crippen molar-refractivity contribution in [2.75, 3.05) is 19.7 Å². The topological polar surface area (TPSA) is 125 Å². The molecule has 1 aliphatic carbocycles. The molecular weight excluding hydrogens is 556 g/mol. The van der Waals surface area contributed by atoms with E-state index < -0.39 is 34.4 Å². The monoisotopic (exact) mass is 600 g/mol. The van der Waals surface area contributed by atoms with Crippen molar-refractivity contribution in [2.24, 2.45) is 5.92 Å². The Hall–Kier alpha value is -2.50. The molecule has 3 aliphatic rings. The van der Waals surface area contributed by atoms with Gasteiger partial charge in [0.25, 0.3) is 0 Å². The van der Waals surface area contributed by atoms with Crippen LogP contribution in [0.4, 0.5) is 4.79 Å². The van der Waals surface area contributed by atoms with E-state index in [1.807, 2.05) is 30.3 Å². The summed E-state index contributed by atoms with van der Waals surface area (Å²) < 4.78 is 40.6. The van der Waals surface area contributed by atoms with E-state index in [2.05, 4.69) is 5.32 Å². The Balaban J connectivity index is 1.33. The Morgan fingerprint density at radius 3 is 2.62 bits per heavy atom. The fraction of sp³-hybridized carbons (Fsp3) is 0.594. The number of sulfonamides is 1. The highest BCUT2D eigenvalue weighted by Crippen LogP contribution is 2.37. The van der Waals surface area contributed by atoms with Crippen molar-refractivity contribution in [1.29, 1.82) is 0 Å². The molecule has 2 aliphatic heterocycles. The smallest absolute Gasteiger partial charge is 0.407 e. The van der Waals surface area contributed by atoms with E-state index in [-0.39, 0.29) is 30.2 Å². The second-order valence-corrected chi connectivity index (χ2v) is 13.9. The predicted molar refractivity (Wildman–Crippen MR) is 158 cm³/mol. The molecule has 2 unspecified atom stereocenters. The number of amides is 1. The fourth-order valence-corrected chi connectivity index (χ4v) is 8.05. The molecule has 3 N–H and O–H groups in total. The number of hydrogen-bond acceptors (Lipinski definition) is 7.